The minimum absolute atomic E-state index is 0.164. The molecule has 0 saturated carbocycles. The van der Waals surface area contributed by atoms with E-state index in [1.54, 1.807) is 0 Å². The van der Waals surface area contributed by atoms with Crippen LogP contribution in [0.5, 0.6) is 0 Å². The molecule has 0 spiro atoms. The molecular formula is C84H130O61. The molecule has 0 aliphatic heterocycles. The number of unbranched alkanes of at least 4 members (excludes halogenated alkanes) is 8. The van der Waals surface area contributed by atoms with Gasteiger partial charge in [-0.15, -0.1) is 0 Å². The van der Waals surface area contributed by atoms with E-state index in [0.717, 1.165) is 0 Å². The third-order valence-electron chi connectivity index (χ3n) is 25.2. The lowest BCUT2D eigenvalue weighted by molar-refractivity contribution is -0.272. The smallest absolute Gasteiger partial charge is 0.212 e. The highest BCUT2D eigenvalue weighted by Gasteiger charge is 2.99. The van der Waals surface area contributed by atoms with E-state index >= 15 is 95.9 Å². The largest absolute Gasteiger partial charge is 0.393 e. The van der Waals surface area contributed by atoms with Crippen molar-refractivity contribution in [3.8, 4) is 0 Å². The van der Waals surface area contributed by atoms with Crippen molar-refractivity contribution in [2.45, 2.75) is 224 Å². The molecule has 0 bridgehead atoms. The van der Waals surface area contributed by atoms with Crippen molar-refractivity contribution in [1.82, 2.24) is 0 Å². The van der Waals surface area contributed by atoms with E-state index in [9.17, 15) is 204 Å². The summed E-state index contributed by atoms with van der Waals surface area (Å²) in [5.74, 6) is -89.7. The highest BCUT2D eigenvalue weighted by Crippen LogP contribution is 2.75. The number of aliphatic hydroxyl groups is 40. The molecule has 20 unspecified atom stereocenters. The summed E-state index contributed by atoms with van der Waals surface area (Å²) in [5.41, 5.74) is -78.5. The van der Waals surface area contributed by atoms with Crippen LogP contribution in [0.1, 0.15) is 90.9 Å². The normalized spacial score (nSPS) is 20.4. The first-order chi connectivity index (χ1) is 67.7. The summed E-state index contributed by atoms with van der Waals surface area (Å²) in [6.45, 7) is -62.7. The van der Waals surface area contributed by atoms with Crippen molar-refractivity contribution in [2.75, 3.05) is 132 Å². The molecule has 0 radical (unpaired) electrons. The van der Waals surface area contributed by atoms with E-state index in [1.807, 2.05) is 0 Å². The number of hydrogen-bond donors (Lipinski definition) is 40. The molecule has 0 aliphatic rings. The minimum atomic E-state index is -8.58. The van der Waals surface area contributed by atoms with Crippen LogP contribution in [0.2, 0.25) is 0 Å². The number of ketones is 20. The Bertz CT molecular complexity index is 3970. The van der Waals surface area contributed by atoms with Crippen molar-refractivity contribution in [3.05, 3.63) is 0 Å². The number of hydrogen-bond acceptors (Lipinski definition) is 61. The fourth-order valence-corrected chi connectivity index (χ4v) is 19.1. The lowest BCUT2D eigenvalue weighted by Gasteiger charge is -2.67. The molecule has 145 heavy (non-hydrogen) atoms. The second-order valence-corrected chi connectivity index (χ2v) is 33.4. The zero-order chi connectivity index (χ0) is 113. The molecule has 0 aromatic rings. The van der Waals surface area contributed by atoms with Crippen LogP contribution >= 0.6 is 0 Å². The van der Waals surface area contributed by atoms with Gasteiger partial charge in [0.05, 0.1) is 132 Å². The zero-order valence-electron chi connectivity index (χ0n) is 77.6. The van der Waals surface area contributed by atoms with Gasteiger partial charge in [0.25, 0.3) is 0 Å². The molecule has 0 aliphatic carbocycles. The number of ether oxygens (including phenoxy) is 1. The molecule has 0 rings (SSSR count). The summed E-state index contributed by atoms with van der Waals surface area (Å²) >= 11 is 0. The molecule has 0 heterocycles. The minimum Gasteiger partial charge on any atom is -0.393 e. The molecule has 0 aromatic carbocycles. The highest BCUT2D eigenvalue weighted by molar-refractivity contribution is 6.41. The Morgan fingerprint density at radius 1 is 0.152 bits per heavy atom. The Morgan fingerprint density at radius 2 is 0.262 bits per heavy atom. The molecule has 61 nitrogen and oxygen atoms in total. The molecule has 0 amide bonds. The Hall–Kier alpha value is -8.24. The van der Waals surface area contributed by atoms with E-state index in [1.165, 1.54) is 13.8 Å². The van der Waals surface area contributed by atoms with Gasteiger partial charge in [-0.25, -0.2) is 0 Å². The first-order valence-corrected chi connectivity index (χ1v) is 44.0. The standard InChI is InChI=1S/C84H130O61/c1-3-5-7-9-11-13-75(55(125)35(105)15-85,56(126)36(106)16-86)77(59(129)39(109)19-89,60(130)40(110)20-90)79(63(133)43(113)23-93,64(134)44(114)24-94)81(67(137)47(117)27-97,68(138)48(118)28-98)83(71(141)51(121)31-101,72(142)52(122)32-102)145-84(73(143)53(123)33-103,74(144)54(124)34-104)82(69(139)49(119)29-99,70(140)50(120)30-100)80(65(135)45(115)25-95,66(136)46(116)26-96)78(61(131)41(111)21-91,62(132)42(112)22-92)76(57(127)37(107)17-87,58(128)38(108)18-88)14-12-10-8-6-4-2/h35-54,85-124H,3-34H2,1-2H3. The van der Waals surface area contributed by atoms with E-state index in [2.05, 4.69) is 0 Å². The number of rotatable bonds is 82. The van der Waals surface area contributed by atoms with E-state index in [0.29, 0.717) is 0 Å². The topological polar surface area (TPSA) is 1160 Å². The maximum atomic E-state index is 18.6. The van der Waals surface area contributed by atoms with Crippen LogP contribution in [-0.2, 0) is 101 Å². The van der Waals surface area contributed by atoms with Gasteiger partial charge in [-0.2, -0.15) is 0 Å². The maximum absolute atomic E-state index is 18.6. The van der Waals surface area contributed by atoms with Crippen molar-refractivity contribution in [3.63, 3.8) is 0 Å². The average molecular weight is 2120 g/mol. The van der Waals surface area contributed by atoms with Crippen LogP contribution in [0.15, 0.2) is 0 Å². The number of Topliss-reactive ketones (excluding diaryl/α,β-unsaturated/α-hetero) is 20. The predicted molar refractivity (Wildman–Crippen MR) is 455 cm³/mol. The maximum Gasteiger partial charge on any atom is 0.212 e. The van der Waals surface area contributed by atoms with Gasteiger partial charge in [0.15, 0.2) is 103 Å². The number of carbonyl (C=O) groups is 20. The van der Waals surface area contributed by atoms with Crippen molar-refractivity contribution in [2.24, 2.45) is 43.3 Å². The molecule has 61 heteroatoms. The van der Waals surface area contributed by atoms with Gasteiger partial charge < -0.3 is 209 Å². The summed E-state index contributed by atoms with van der Waals surface area (Å²) < 4.78 is 5.96. The van der Waals surface area contributed by atoms with Crippen molar-refractivity contribution >= 4 is 116 Å². The van der Waals surface area contributed by atoms with Gasteiger partial charge in [0.1, 0.15) is 155 Å². The molecule has 0 fully saturated rings. The second kappa shape index (κ2) is 58.8. The Kier molecular flexibility index (Phi) is 55.5. The summed E-state index contributed by atoms with van der Waals surface area (Å²) in [5, 5.41) is 487. The fraction of sp³-hybridized carbons (Fsp3) is 0.762. The van der Waals surface area contributed by atoms with Crippen LogP contribution in [0.25, 0.3) is 0 Å². The summed E-state index contributed by atoms with van der Waals surface area (Å²) in [6.07, 6.45) is -116. The fourth-order valence-electron chi connectivity index (χ4n) is 19.1. The Morgan fingerprint density at radius 3 is 0.393 bits per heavy atom. The van der Waals surface area contributed by atoms with Crippen LogP contribution in [0, 0.1) is 43.3 Å². The summed E-state index contributed by atoms with van der Waals surface area (Å²) in [7, 11) is 0. The first-order valence-electron chi connectivity index (χ1n) is 44.0. The van der Waals surface area contributed by atoms with Gasteiger partial charge in [-0.1, -0.05) is 78.1 Å². The molecular weight excluding hydrogens is 1980 g/mol. The van der Waals surface area contributed by atoms with Crippen LogP contribution in [-0.4, -0.2) is 585 Å². The van der Waals surface area contributed by atoms with Crippen molar-refractivity contribution < 1.29 is 305 Å². The quantitative estimate of drug-likeness (QED) is 0.0199. The van der Waals surface area contributed by atoms with Crippen molar-refractivity contribution in [1.29, 1.82) is 0 Å². The van der Waals surface area contributed by atoms with Crippen LogP contribution < -0.4 is 0 Å². The predicted octanol–water partition coefficient (Wildman–Crippen LogP) is -26.5. The molecule has 0 aromatic heterocycles. The summed E-state index contributed by atoms with van der Waals surface area (Å²) in [4.78, 5) is 362. The third-order valence-corrected chi connectivity index (χ3v) is 25.2. The third kappa shape index (κ3) is 22.9. The molecule has 40 N–H and O–H groups in total. The lowest BCUT2D eigenvalue weighted by Crippen LogP contribution is -2.93. The number of aliphatic hydroxyl groups excluding tert-OH is 40. The Balaban J connectivity index is 18.0. The highest BCUT2D eigenvalue weighted by atomic mass is 16.6. The van der Waals surface area contributed by atoms with E-state index in [4.69, 9.17) is 4.74 Å². The number of carbonyl (C=O) groups excluding carboxylic acids is 20. The second-order valence-electron chi connectivity index (χ2n) is 33.4. The lowest BCUT2D eigenvalue weighted by atomic mass is 9.29. The van der Waals surface area contributed by atoms with Gasteiger partial charge >= 0.3 is 0 Å². The average Bonchev–Trinajstić information content (AvgIpc) is 0.623. The van der Waals surface area contributed by atoms with Gasteiger partial charge in [0.2, 0.25) is 34.3 Å². The SMILES string of the molecule is CCCCCCCC(C(=O)C(O)CO)(C(=O)C(O)CO)C(C(=O)C(O)CO)(C(=O)C(O)CO)C(C(=O)C(O)CO)(C(=O)C(O)CO)C(C(=O)C(O)CO)(C(=O)C(O)CO)C(OC(C(=O)C(O)CO)(C(=O)C(O)CO)C(C(=O)C(O)CO)(C(=O)C(O)CO)C(C(=O)C(O)CO)(C(=O)C(O)CO)C(C(=O)C(O)CO)(C(=O)C(O)CO)C(CCCCCCC)(C(=O)C(O)CO)C(=O)C(O)CO)(C(=O)C(O)CO)C(=O)C(O)CO. The van der Waals surface area contributed by atoms with E-state index < -0.39 is 476 Å². The van der Waals surface area contributed by atoms with Crippen LogP contribution in [0.4, 0.5) is 0 Å². The Labute approximate surface area is 817 Å². The van der Waals surface area contributed by atoms with Gasteiger partial charge in [0, 0.05) is 0 Å². The first kappa shape index (κ1) is 137. The molecule has 20 atom stereocenters. The molecule has 832 valence electrons. The van der Waals surface area contributed by atoms with Gasteiger partial charge in [-0.3, -0.25) is 95.9 Å². The molecule has 0 saturated heterocycles. The summed E-state index contributed by atoms with van der Waals surface area (Å²) in [6, 6.07) is 0. The zero-order valence-corrected chi connectivity index (χ0v) is 77.6. The monoisotopic (exact) mass is 2110 g/mol. The van der Waals surface area contributed by atoms with Gasteiger partial charge in [-0.05, 0) is 12.8 Å². The van der Waals surface area contributed by atoms with E-state index in [-0.39, 0.29) is 25.7 Å². The van der Waals surface area contributed by atoms with Crippen LogP contribution in [0.3, 0.4) is 0 Å².